The smallest absolute Gasteiger partial charge is 0.382 e. The van der Waals surface area contributed by atoms with Crippen LogP contribution in [0.1, 0.15) is 30.5 Å². The number of rotatable bonds is 4. The van der Waals surface area contributed by atoms with E-state index in [0.717, 1.165) is 11.8 Å². The van der Waals surface area contributed by atoms with Gasteiger partial charge in [-0.25, -0.2) is 23.1 Å². The van der Waals surface area contributed by atoms with Crippen molar-refractivity contribution < 1.29 is 31.5 Å². The van der Waals surface area contributed by atoms with Crippen LogP contribution < -0.4 is 16.4 Å². The van der Waals surface area contributed by atoms with Gasteiger partial charge in [0.1, 0.15) is 23.5 Å². The Morgan fingerprint density at radius 1 is 1.02 bits per heavy atom. The zero-order valence-corrected chi connectivity index (χ0v) is 20.9. The molecule has 0 spiro atoms. The predicted molar refractivity (Wildman–Crippen MR) is 136 cm³/mol. The molecular formula is C26H22F5N7O2. The number of nitrogen functional groups attached to an aromatic ring is 1. The number of anilines is 3. The fraction of sp³-hybridized carbons (Fsp3) is 0.231. The molecule has 3 heterocycles. The van der Waals surface area contributed by atoms with Gasteiger partial charge in [0.15, 0.2) is 5.82 Å². The molecule has 1 aliphatic heterocycles. The molecular weight excluding hydrogens is 537 g/mol. The molecule has 4 aromatic rings. The lowest BCUT2D eigenvalue weighted by Gasteiger charge is -2.13. The zero-order valence-electron chi connectivity index (χ0n) is 20.9. The summed E-state index contributed by atoms with van der Waals surface area (Å²) in [4.78, 5) is 29.9. The van der Waals surface area contributed by atoms with Gasteiger partial charge >= 0.3 is 12.2 Å². The maximum atomic E-state index is 15.1. The van der Waals surface area contributed by atoms with Crippen molar-refractivity contribution in [3.8, 4) is 11.1 Å². The number of aromatic nitrogens is 3. The van der Waals surface area contributed by atoms with E-state index in [2.05, 4.69) is 15.4 Å². The van der Waals surface area contributed by atoms with Crippen LogP contribution in [-0.4, -0.2) is 44.5 Å². The van der Waals surface area contributed by atoms with Crippen molar-refractivity contribution in [2.45, 2.75) is 25.4 Å². The average Bonchev–Trinajstić information content (AvgIpc) is 3.52. The molecule has 0 bridgehead atoms. The van der Waals surface area contributed by atoms with E-state index in [1.807, 2.05) is 5.32 Å². The largest absolute Gasteiger partial charge is 0.416 e. The predicted octanol–water partition coefficient (Wildman–Crippen LogP) is 5.26. The Bertz CT molecular complexity index is 1640. The standard InChI is InChI=1S/C26H22F5N7O2/c1-13(39)37-7-6-15(11-37)22-10-17(23-24(32)33-12-34-38(22)23)14-2-5-20(19(28)8-14)35-25(40)36-21-9-16(26(29,30)31)3-4-18(21)27/h2-5,8-10,12,15H,6-7,11H2,1H3,(H2,32,33,34)(H2,35,36,40). The highest BCUT2D eigenvalue weighted by Crippen LogP contribution is 2.37. The number of amides is 3. The van der Waals surface area contributed by atoms with Gasteiger partial charge in [-0.2, -0.15) is 18.3 Å². The Labute approximate surface area is 223 Å². The third-order valence-corrected chi connectivity index (χ3v) is 6.73. The Morgan fingerprint density at radius 3 is 2.45 bits per heavy atom. The molecule has 1 unspecified atom stereocenters. The van der Waals surface area contributed by atoms with Gasteiger partial charge < -0.3 is 21.3 Å². The maximum Gasteiger partial charge on any atom is 0.416 e. The van der Waals surface area contributed by atoms with Crippen LogP contribution in [0.2, 0.25) is 0 Å². The van der Waals surface area contributed by atoms with Gasteiger partial charge in [0, 0.05) is 37.2 Å². The molecule has 208 valence electrons. The number of likely N-dealkylation sites (tertiary alicyclic amines) is 1. The molecule has 40 heavy (non-hydrogen) atoms. The topological polar surface area (TPSA) is 118 Å². The lowest BCUT2D eigenvalue weighted by Crippen LogP contribution is -2.25. The van der Waals surface area contributed by atoms with Gasteiger partial charge in [-0.1, -0.05) is 6.07 Å². The van der Waals surface area contributed by atoms with Crippen molar-refractivity contribution in [2.24, 2.45) is 0 Å². The van der Waals surface area contributed by atoms with Gasteiger partial charge in [-0.05, 0) is 48.4 Å². The van der Waals surface area contributed by atoms with Crippen LogP contribution in [0.15, 0.2) is 48.8 Å². The molecule has 0 radical (unpaired) electrons. The van der Waals surface area contributed by atoms with Gasteiger partial charge in [-0.3, -0.25) is 4.79 Å². The summed E-state index contributed by atoms with van der Waals surface area (Å²) in [6, 6.07) is 6.11. The van der Waals surface area contributed by atoms with Crippen LogP contribution >= 0.6 is 0 Å². The van der Waals surface area contributed by atoms with E-state index >= 15 is 4.39 Å². The number of hydrogen-bond donors (Lipinski definition) is 3. The molecule has 1 fully saturated rings. The van der Waals surface area contributed by atoms with Crippen molar-refractivity contribution in [1.82, 2.24) is 19.5 Å². The van der Waals surface area contributed by atoms with E-state index in [4.69, 9.17) is 5.73 Å². The third kappa shape index (κ3) is 5.11. The molecule has 2 aromatic carbocycles. The summed E-state index contributed by atoms with van der Waals surface area (Å²) in [6.07, 6.45) is -2.74. The first kappa shape index (κ1) is 26.8. The summed E-state index contributed by atoms with van der Waals surface area (Å²) < 4.78 is 69.5. The minimum absolute atomic E-state index is 0.0369. The molecule has 1 saturated heterocycles. The number of carbonyl (C=O) groups excluding carboxylic acids is 2. The molecule has 1 aliphatic rings. The molecule has 3 amide bonds. The highest BCUT2D eigenvalue weighted by Gasteiger charge is 2.32. The second kappa shape index (κ2) is 10.1. The first-order valence-corrected chi connectivity index (χ1v) is 12.0. The zero-order chi connectivity index (χ0) is 28.8. The van der Waals surface area contributed by atoms with Gasteiger partial charge in [0.25, 0.3) is 0 Å². The SMILES string of the molecule is CC(=O)N1CCC(c2cc(-c3ccc(NC(=O)Nc4cc(C(F)(F)F)ccc4F)c(F)c3)c3c(N)ncnn23)C1. The lowest BCUT2D eigenvalue weighted by atomic mass is 10.0. The molecule has 0 aliphatic carbocycles. The minimum atomic E-state index is -4.75. The number of hydrogen-bond acceptors (Lipinski definition) is 5. The summed E-state index contributed by atoms with van der Waals surface area (Å²) in [6.45, 7) is 2.58. The van der Waals surface area contributed by atoms with E-state index in [1.165, 1.54) is 25.4 Å². The third-order valence-electron chi connectivity index (χ3n) is 6.73. The molecule has 14 heteroatoms. The number of nitrogens with one attached hydrogen (secondary N) is 2. The number of halogens is 5. The van der Waals surface area contributed by atoms with E-state index < -0.39 is 35.1 Å². The van der Waals surface area contributed by atoms with Crippen molar-refractivity contribution >= 4 is 34.6 Å². The van der Waals surface area contributed by atoms with Gasteiger partial charge in [0.05, 0.1) is 16.9 Å². The van der Waals surface area contributed by atoms with E-state index in [-0.39, 0.29) is 23.3 Å². The highest BCUT2D eigenvalue weighted by molar-refractivity contribution is 6.00. The van der Waals surface area contributed by atoms with Crippen LogP contribution in [0, 0.1) is 11.6 Å². The lowest BCUT2D eigenvalue weighted by molar-refractivity contribution is -0.137. The van der Waals surface area contributed by atoms with Crippen molar-refractivity contribution in [2.75, 3.05) is 29.5 Å². The molecule has 4 N–H and O–H groups in total. The first-order valence-electron chi connectivity index (χ1n) is 12.0. The number of fused-ring (bicyclic) bond motifs is 1. The number of alkyl halides is 3. The van der Waals surface area contributed by atoms with Gasteiger partial charge in [0.2, 0.25) is 5.91 Å². The second-order valence-electron chi connectivity index (χ2n) is 9.31. The van der Waals surface area contributed by atoms with Crippen LogP contribution in [0.25, 0.3) is 16.6 Å². The summed E-state index contributed by atoms with van der Waals surface area (Å²) in [5.74, 6) is -1.88. The fourth-order valence-corrected chi connectivity index (χ4v) is 4.75. The highest BCUT2D eigenvalue weighted by atomic mass is 19.4. The van der Waals surface area contributed by atoms with E-state index in [1.54, 1.807) is 15.5 Å². The normalized spacial score (nSPS) is 15.4. The van der Waals surface area contributed by atoms with Crippen LogP contribution in [0.5, 0.6) is 0 Å². The molecule has 5 rings (SSSR count). The average molecular weight is 559 g/mol. The molecule has 9 nitrogen and oxygen atoms in total. The summed E-state index contributed by atoms with van der Waals surface area (Å²) in [5.41, 5.74) is 6.09. The monoisotopic (exact) mass is 559 g/mol. The van der Waals surface area contributed by atoms with E-state index in [9.17, 15) is 27.2 Å². The van der Waals surface area contributed by atoms with E-state index in [0.29, 0.717) is 54.4 Å². The summed E-state index contributed by atoms with van der Waals surface area (Å²) >= 11 is 0. The van der Waals surface area contributed by atoms with Crippen molar-refractivity contribution in [1.29, 1.82) is 0 Å². The summed E-state index contributed by atoms with van der Waals surface area (Å²) in [5, 5.41) is 8.45. The number of benzene rings is 2. The summed E-state index contributed by atoms with van der Waals surface area (Å²) in [7, 11) is 0. The Kier molecular flexibility index (Phi) is 6.77. The van der Waals surface area contributed by atoms with Crippen LogP contribution in [-0.2, 0) is 11.0 Å². The van der Waals surface area contributed by atoms with Crippen LogP contribution in [0.4, 0.5) is 43.9 Å². The number of urea groups is 1. The quantitative estimate of drug-likeness (QED) is 0.295. The first-order chi connectivity index (χ1) is 18.9. The molecule has 1 atom stereocenters. The number of carbonyl (C=O) groups is 2. The van der Waals surface area contributed by atoms with Crippen molar-refractivity contribution in [3.63, 3.8) is 0 Å². The fourth-order valence-electron chi connectivity index (χ4n) is 4.75. The minimum Gasteiger partial charge on any atom is -0.382 e. The number of nitrogens with zero attached hydrogens (tertiary/aromatic N) is 4. The Morgan fingerprint density at radius 2 is 1.77 bits per heavy atom. The molecule has 2 aromatic heterocycles. The number of nitrogens with two attached hydrogens (primary N) is 1. The molecule has 0 saturated carbocycles. The maximum absolute atomic E-state index is 15.1. The van der Waals surface area contributed by atoms with Gasteiger partial charge in [-0.15, -0.1) is 0 Å². The second-order valence-corrected chi connectivity index (χ2v) is 9.31. The van der Waals surface area contributed by atoms with Crippen LogP contribution in [0.3, 0.4) is 0 Å². The Balaban J connectivity index is 1.41. The van der Waals surface area contributed by atoms with Crippen molar-refractivity contribution in [3.05, 3.63) is 71.7 Å². The Hall–Kier alpha value is -4.75.